The smallest absolute Gasteiger partial charge is 0.0834 e. The van der Waals surface area contributed by atoms with Crippen molar-refractivity contribution >= 4 is 0 Å². The summed E-state index contributed by atoms with van der Waals surface area (Å²) in [6.07, 6.45) is 12.0. The maximum Gasteiger partial charge on any atom is 0.0834 e. The zero-order valence-corrected chi connectivity index (χ0v) is 12.3. The Balaban J connectivity index is 2.65. The van der Waals surface area contributed by atoms with Gasteiger partial charge in [0.2, 0.25) is 0 Å². The van der Waals surface area contributed by atoms with Gasteiger partial charge in [0.15, 0.2) is 0 Å². The van der Waals surface area contributed by atoms with E-state index in [9.17, 15) is 0 Å². The van der Waals surface area contributed by atoms with Gasteiger partial charge in [0.1, 0.15) is 0 Å². The highest BCUT2D eigenvalue weighted by atomic mass is 16.5. The number of rotatable bonds is 9. The van der Waals surface area contributed by atoms with E-state index in [1.807, 2.05) is 6.08 Å². The van der Waals surface area contributed by atoms with E-state index in [1.54, 1.807) is 0 Å². The highest BCUT2D eigenvalue weighted by molar-refractivity contribution is 4.95. The summed E-state index contributed by atoms with van der Waals surface area (Å²) in [4.78, 5) is 0. The molecule has 0 radical (unpaired) electrons. The molecular weight excluding hydrogens is 222 g/mol. The summed E-state index contributed by atoms with van der Waals surface area (Å²) in [5, 5.41) is 3.68. The largest absolute Gasteiger partial charge is 0.374 e. The zero-order chi connectivity index (χ0) is 13.3. The van der Waals surface area contributed by atoms with Crippen molar-refractivity contribution in [1.82, 2.24) is 5.32 Å². The van der Waals surface area contributed by atoms with Crippen LogP contribution < -0.4 is 5.32 Å². The number of nitrogens with one attached hydrogen (secondary N) is 1. The predicted octanol–water partition coefficient (Wildman–Crippen LogP) is 4.06. The first kappa shape index (κ1) is 15.7. The first-order chi connectivity index (χ1) is 8.79. The van der Waals surface area contributed by atoms with Crippen LogP contribution in [0.2, 0.25) is 0 Å². The first-order valence-corrected chi connectivity index (χ1v) is 7.77. The molecule has 1 unspecified atom stereocenters. The highest BCUT2D eigenvalue weighted by Gasteiger charge is 2.39. The summed E-state index contributed by atoms with van der Waals surface area (Å²) in [6, 6.07) is 0.516. The Kier molecular flexibility index (Phi) is 7.60. The number of hydrogen-bond acceptors (Lipinski definition) is 2. The third-order valence-corrected chi connectivity index (χ3v) is 4.12. The van der Waals surface area contributed by atoms with E-state index in [-0.39, 0.29) is 5.60 Å². The molecule has 18 heavy (non-hydrogen) atoms. The van der Waals surface area contributed by atoms with Crippen molar-refractivity contribution in [3.63, 3.8) is 0 Å². The maximum absolute atomic E-state index is 6.23. The minimum atomic E-state index is 0.101. The fraction of sp³-hybridized carbons (Fsp3) is 0.875. The summed E-state index contributed by atoms with van der Waals surface area (Å²) in [6.45, 7) is 10.0. The molecule has 0 saturated heterocycles. The molecule has 0 heterocycles. The van der Waals surface area contributed by atoms with Crippen LogP contribution in [0.15, 0.2) is 12.7 Å². The van der Waals surface area contributed by atoms with E-state index in [4.69, 9.17) is 4.74 Å². The monoisotopic (exact) mass is 253 g/mol. The van der Waals surface area contributed by atoms with Gasteiger partial charge < -0.3 is 10.1 Å². The predicted molar refractivity (Wildman–Crippen MR) is 79.0 cm³/mol. The van der Waals surface area contributed by atoms with Crippen molar-refractivity contribution in [3.05, 3.63) is 12.7 Å². The normalized spacial score (nSPS) is 20.6. The lowest BCUT2D eigenvalue weighted by Gasteiger charge is -2.44. The van der Waals surface area contributed by atoms with Crippen LogP contribution in [0, 0.1) is 0 Å². The van der Waals surface area contributed by atoms with Crippen molar-refractivity contribution in [3.8, 4) is 0 Å². The van der Waals surface area contributed by atoms with Gasteiger partial charge >= 0.3 is 0 Å². The lowest BCUT2D eigenvalue weighted by molar-refractivity contribution is -0.0914. The molecule has 1 saturated carbocycles. The van der Waals surface area contributed by atoms with E-state index in [2.05, 4.69) is 25.7 Å². The van der Waals surface area contributed by atoms with Crippen LogP contribution in [0.5, 0.6) is 0 Å². The molecule has 2 heteroatoms. The van der Waals surface area contributed by atoms with Crippen LogP contribution >= 0.6 is 0 Å². The van der Waals surface area contributed by atoms with Crippen LogP contribution in [0.1, 0.15) is 65.2 Å². The average molecular weight is 253 g/mol. The Morgan fingerprint density at radius 1 is 1.28 bits per heavy atom. The van der Waals surface area contributed by atoms with Gasteiger partial charge in [-0.3, -0.25) is 0 Å². The van der Waals surface area contributed by atoms with Gasteiger partial charge in [-0.05, 0) is 45.6 Å². The van der Waals surface area contributed by atoms with Gasteiger partial charge in [0.25, 0.3) is 0 Å². The molecule has 0 aromatic rings. The van der Waals surface area contributed by atoms with Crippen LogP contribution in [0.25, 0.3) is 0 Å². The molecule has 2 nitrogen and oxygen atoms in total. The number of unbranched alkanes of at least 4 members (excludes halogenated alkanes) is 1. The first-order valence-electron chi connectivity index (χ1n) is 7.77. The van der Waals surface area contributed by atoms with E-state index in [1.165, 1.54) is 44.9 Å². The molecule has 0 amide bonds. The number of hydrogen-bond donors (Lipinski definition) is 1. The van der Waals surface area contributed by atoms with Crippen LogP contribution in [0.4, 0.5) is 0 Å². The van der Waals surface area contributed by atoms with Gasteiger partial charge in [0, 0.05) is 12.6 Å². The SMILES string of the molecule is C=CCCCC(NCC)C1(OCC)CCCCC1. The van der Waals surface area contributed by atoms with Crippen molar-refractivity contribution < 1.29 is 4.74 Å². The quantitative estimate of drug-likeness (QED) is 0.494. The second-order valence-electron chi connectivity index (χ2n) is 5.39. The molecule has 0 aliphatic heterocycles. The van der Waals surface area contributed by atoms with Crippen LogP contribution in [0.3, 0.4) is 0 Å². The lowest BCUT2D eigenvalue weighted by Crippen LogP contribution is -2.53. The summed E-state index contributed by atoms with van der Waals surface area (Å²) in [5.74, 6) is 0. The van der Waals surface area contributed by atoms with Gasteiger partial charge in [-0.2, -0.15) is 0 Å². The second-order valence-corrected chi connectivity index (χ2v) is 5.39. The molecular formula is C16H31NO. The molecule has 0 bridgehead atoms. The summed E-state index contributed by atoms with van der Waals surface area (Å²) < 4.78 is 6.23. The van der Waals surface area contributed by atoms with Crippen molar-refractivity contribution in [1.29, 1.82) is 0 Å². The lowest BCUT2D eigenvalue weighted by atomic mass is 9.77. The van der Waals surface area contributed by atoms with Gasteiger partial charge in [-0.25, -0.2) is 0 Å². The number of ether oxygens (including phenoxy) is 1. The topological polar surface area (TPSA) is 21.3 Å². The number of allylic oxidation sites excluding steroid dienone is 1. The van der Waals surface area contributed by atoms with E-state index < -0.39 is 0 Å². The Hall–Kier alpha value is -0.340. The van der Waals surface area contributed by atoms with Crippen molar-refractivity contribution in [2.75, 3.05) is 13.2 Å². The fourth-order valence-corrected chi connectivity index (χ4v) is 3.29. The molecule has 0 spiro atoms. The zero-order valence-electron chi connectivity index (χ0n) is 12.3. The van der Waals surface area contributed by atoms with E-state index >= 15 is 0 Å². The number of likely N-dealkylation sites (N-methyl/N-ethyl adjacent to an activating group) is 1. The Labute approximate surface area is 113 Å². The molecule has 0 aromatic heterocycles. The Morgan fingerprint density at radius 2 is 2.00 bits per heavy atom. The van der Waals surface area contributed by atoms with Crippen LogP contribution in [-0.2, 0) is 4.74 Å². The van der Waals surface area contributed by atoms with Gasteiger partial charge in [0.05, 0.1) is 5.60 Å². The third-order valence-electron chi connectivity index (χ3n) is 4.12. The highest BCUT2D eigenvalue weighted by Crippen LogP contribution is 2.36. The third kappa shape index (κ3) is 4.40. The summed E-state index contributed by atoms with van der Waals surface area (Å²) in [5.41, 5.74) is 0.101. The minimum absolute atomic E-state index is 0.101. The van der Waals surface area contributed by atoms with Gasteiger partial charge in [-0.15, -0.1) is 6.58 Å². The summed E-state index contributed by atoms with van der Waals surface area (Å²) >= 11 is 0. The maximum atomic E-state index is 6.23. The van der Waals surface area contributed by atoms with Crippen LogP contribution in [-0.4, -0.2) is 24.8 Å². The second kappa shape index (κ2) is 8.71. The Morgan fingerprint density at radius 3 is 2.56 bits per heavy atom. The molecule has 0 aromatic carbocycles. The summed E-state index contributed by atoms with van der Waals surface area (Å²) in [7, 11) is 0. The molecule has 1 aliphatic carbocycles. The van der Waals surface area contributed by atoms with E-state index in [0.717, 1.165) is 19.6 Å². The average Bonchev–Trinajstić information content (AvgIpc) is 2.39. The molecule has 1 atom stereocenters. The van der Waals surface area contributed by atoms with Gasteiger partial charge in [-0.1, -0.05) is 32.3 Å². The standard InChI is InChI=1S/C16H31NO/c1-4-7-9-12-15(17-5-2)16(18-6-3)13-10-8-11-14-16/h4,15,17H,1,5-14H2,2-3H3. The molecule has 106 valence electrons. The molecule has 1 fully saturated rings. The molecule has 1 rings (SSSR count). The minimum Gasteiger partial charge on any atom is -0.374 e. The van der Waals surface area contributed by atoms with Crippen molar-refractivity contribution in [2.45, 2.75) is 76.9 Å². The van der Waals surface area contributed by atoms with Crippen molar-refractivity contribution in [2.24, 2.45) is 0 Å². The van der Waals surface area contributed by atoms with E-state index in [0.29, 0.717) is 6.04 Å². The molecule has 1 N–H and O–H groups in total. The Bertz CT molecular complexity index is 216. The fourth-order valence-electron chi connectivity index (χ4n) is 3.29. The molecule has 1 aliphatic rings.